The quantitative estimate of drug-likeness (QED) is 0.672. The summed E-state index contributed by atoms with van der Waals surface area (Å²) < 4.78 is 0. The van der Waals surface area contributed by atoms with Gasteiger partial charge in [-0.2, -0.15) is 0 Å². The van der Waals surface area contributed by atoms with Gasteiger partial charge in [-0.15, -0.1) is 0 Å². The summed E-state index contributed by atoms with van der Waals surface area (Å²) in [5.41, 5.74) is 3.91. The molecule has 0 aliphatic carbocycles. The van der Waals surface area contributed by atoms with Crippen LogP contribution < -0.4 is 0 Å². The molecule has 0 unspecified atom stereocenters. The number of benzene rings is 3. The van der Waals surface area contributed by atoms with Gasteiger partial charge in [-0.1, -0.05) is 91.0 Å². The largest absolute Gasteiger partial charge is 0.384 e. The first-order valence-corrected chi connectivity index (χ1v) is 7.39. The Morgan fingerprint density at radius 3 is 1.77 bits per heavy atom. The van der Waals surface area contributed by atoms with E-state index in [0.717, 1.165) is 22.3 Å². The Balaban J connectivity index is 2.06. The van der Waals surface area contributed by atoms with Crippen molar-refractivity contribution in [1.29, 1.82) is 0 Å². The standard InChI is InChI=1S/C21H18O/c22-21(19-14-8-3-9-15-19)20(18-12-6-2-7-13-18)16-17-10-4-1-5-11-17/h1-16,21-22H/b20-16-/t21-/m1/s1. The van der Waals surface area contributed by atoms with Gasteiger partial charge in [0, 0.05) is 0 Å². The van der Waals surface area contributed by atoms with Crippen LogP contribution in [0, 0.1) is 0 Å². The second kappa shape index (κ2) is 6.88. The molecule has 0 aromatic heterocycles. The Morgan fingerprint density at radius 1 is 0.682 bits per heavy atom. The SMILES string of the molecule is O[C@@H](/C(=C\c1ccccc1)c1ccccc1)c1ccccc1. The molecule has 1 atom stereocenters. The molecule has 0 fully saturated rings. The Hall–Kier alpha value is -2.64. The van der Waals surface area contributed by atoms with E-state index in [1.165, 1.54) is 0 Å². The minimum absolute atomic E-state index is 0.649. The summed E-state index contributed by atoms with van der Waals surface area (Å²) in [6.07, 6.45) is 1.40. The van der Waals surface area contributed by atoms with Gasteiger partial charge in [0.2, 0.25) is 0 Å². The van der Waals surface area contributed by atoms with Gasteiger partial charge in [-0.05, 0) is 28.3 Å². The summed E-state index contributed by atoms with van der Waals surface area (Å²) in [5.74, 6) is 0. The normalized spacial score (nSPS) is 12.9. The topological polar surface area (TPSA) is 20.2 Å². The Labute approximate surface area is 131 Å². The summed E-state index contributed by atoms with van der Waals surface area (Å²) in [6.45, 7) is 0. The molecule has 0 aliphatic rings. The van der Waals surface area contributed by atoms with Gasteiger partial charge in [-0.25, -0.2) is 0 Å². The number of hydrogen-bond donors (Lipinski definition) is 1. The first-order valence-electron chi connectivity index (χ1n) is 7.39. The van der Waals surface area contributed by atoms with Crippen molar-refractivity contribution in [2.75, 3.05) is 0 Å². The van der Waals surface area contributed by atoms with Crippen molar-refractivity contribution in [3.63, 3.8) is 0 Å². The number of rotatable bonds is 4. The molecule has 3 rings (SSSR count). The highest BCUT2D eigenvalue weighted by molar-refractivity contribution is 5.84. The Kier molecular flexibility index (Phi) is 4.47. The van der Waals surface area contributed by atoms with Gasteiger partial charge >= 0.3 is 0 Å². The van der Waals surface area contributed by atoms with Crippen LogP contribution in [-0.4, -0.2) is 5.11 Å². The third-order valence-corrected chi connectivity index (χ3v) is 3.64. The molecule has 0 saturated heterocycles. The van der Waals surface area contributed by atoms with Crippen LogP contribution >= 0.6 is 0 Å². The monoisotopic (exact) mass is 286 g/mol. The van der Waals surface area contributed by atoms with E-state index >= 15 is 0 Å². The van der Waals surface area contributed by atoms with Crippen molar-refractivity contribution in [2.24, 2.45) is 0 Å². The van der Waals surface area contributed by atoms with E-state index < -0.39 is 6.10 Å². The van der Waals surface area contributed by atoms with Crippen molar-refractivity contribution in [3.05, 3.63) is 108 Å². The maximum atomic E-state index is 10.8. The average molecular weight is 286 g/mol. The molecule has 0 spiro atoms. The highest BCUT2D eigenvalue weighted by atomic mass is 16.3. The molecule has 1 heteroatoms. The summed E-state index contributed by atoms with van der Waals surface area (Å²) >= 11 is 0. The lowest BCUT2D eigenvalue weighted by molar-refractivity contribution is 0.239. The highest BCUT2D eigenvalue weighted by Gasteiger charge is 2.15. The first kappa shape index (κ1) is 14.3. The molecule has 0 heterocycles. The maximum Gasteiger partial charge on any atom is 0.105 e. The molecule has 0 saturated carbocycles. The fraction of sp³-hybridized carbons (Fsp3) is 0.0476. The van der Waals surface area contributed by atoms with Crippen molar-refractivity contribution in [2.45, 2.75) is 6.10 Å². The van der Waals surface area contributed by atoms with E-state index in [9.17, 15) is 5.11 Å². The van der Waals surface area contributed by atoms with Crippen LogP contribution in [0.3, 0.4) is 0 Å². The van der Waals surface area contributed by atoms with Crippen molar-refractivity contribution < 1.29 is 5.11 Å². The van der Waals surface area contributed by atoms with Gasteiger partial charge in [0.15, 0.2) is 0 Å². The van der Waals surface area contributed by atoms with E-state index in [1.807, 2.05) is 97.1 Å². The lowest BCUT2D eigenvalue weighted by atomic mass is 9.93. The maximum absolute atomic E-state index is 10.8. The third kappa shape index (κ3) is 3.33. The molecule has 0 amide bonds. The zero-order valence-electron chi connectivity index (χ0n) is 12.3. The van der Waals surface area contributed by atoms with E-state index in [1.54, 1.807) is 0 Å². The Bertz CT molecular complexity index is 731. The van der Waals surface area contributed by atoms with E-state index in [0.29, 0.717) is 0 Å². The van der Waals surface area contributed by atoms with E-state index in [4.69, 9.17) is 0 Å². The second-order valence-electron chi connectivity index (χ2n) is 5.19. The molecule has 1 nitrogen and oxygen atoms in total. The molecule has 3 aromatic rings. The van der Waals surface area contributed by atoms with Gasteiger partial charge < -0.3 is 5.11 Å². The fourth-order valence-corrected chi connectivity index (χ4v) is 2.49. The summed E-state index contributed by atoms with van der Waals surface area (Å²) in [6, 6.07) is 29.9. The number of aliphatic hydroxyl groups is 1. The smallest absolute Gasteiger partial charge is 0.105 e. The third-order valence-electron chi connectivity index (χ3n) is 3.64. The molecule has 22 heavy (non-hydrogen) atoms. The minimum atomic E-state index is -0.649. The van der Waals surface area contributed by atoms with Crippen LogP contribution in [0.25, 0.3) is 11.6 Å². The lowest BCUT2D eigenvalue weighted by Crippen LogP contribution is -2.01. The molecule has 0 radical (unpaired) electrons. The van der Waals surface area contributed by atoms with Gasteiger partial charge in [-0.3, -0.25) is 0 Å². The molecule has 0 bridgehead atoms. The predicted octanol–water partition coefficient (Wildman–Crippen LogP) is 4.96. The average Bonchev–Trinajstić information content (AvgIpc) is 2.61. The minimum Gasteiger partial charge on any atom is -0.384 e. The number of hydrogen-bond acceptors (Lipinski definition) is 1. The molecular formula is C21H18O. The van der Waals surface area contributed by atoms with Gasteiger partial charge in [0.1, 0.15) is 6.10 Å². The van der Waals surface area contributed by atoms with E-state index in [2.05, 4.69) is 0 Å². The van der Waals surface area contributed by atoms with Crippen LogP contribution in [0.4, 0.5) is 0 Å². The summed E-state index contributed by atoms with van der Waals surface area (Å²) in [4.78, 5) is 0. The van der Waals surface area contributed by atoms with Crippen LogP contribution in [0.1, 0.15) is 22.8 Å². The summed E-state index contributed by atoms with van der Waals surface area (Å²) in [7, 11) is 0. The van der Waals surface area contributed by atoms with Crippen molar-refractivity contribution in [3.8, 4) is 0 Å². The van der Waals surface area contributed by atoms with Crippen molar-refractivity contribution in [1.82, 2.24) is 0 Å². The van der Waals surface area contributed by atoms with Crippen LogP contribution in [0.2, 0.25) is 0 Å². The molecule has 0 aliphatic heterocycles. The van der Waals surface area contributed by atoms with Crippen LogP contribution in [0.15, 0.2) is 91.0 Å². The predicted molar refractivity (Wildman–Crippen MR) is 92.2 cm³/mol. The molecular weight excluding hydrogens is 268 g/mol. The van der Waals surface area contributed by atoms with Crippen molar-refractivity contribution >= 4 is 11.6 Å². The Morgan fingerprint density at radius 2 is 1.18 bits per heavy atom. The summed E-state index contributed by atoms with van der Waals surface area (Å²) in [5, 5.41) is 10.8. The van der Waals surface area contributed by atoms with E-state index in [-0.39, 0.29) is 0 Å². The van der Waals surface area contributed by atoms with Gasteiger partial charge in [0.05, 0.1) is 0 Å². The van der Waals surface area contributed by atoms with Crippen LogP contribution in [-0.2, 0) is 0 Å². The molecule has 1 N–H and O–H groups in total. The second-order valence-corrected chi connectivity index (χ2v) is 5.19. The fourth-order valence-electron chi connectivity index (χ4n) is 2.49. The first-order chi connectivity index (χ1) is 10.8. The zero-order chi connectivity index (χ0) is 15.2. The molecule has 108 valence electrons. The molecule has 3 aromatic carbocycles. The lowest BCUT2D eigenvalue weighted by Gasteiger charge is -2.16. The zero-order valence-corrected chi connectivity index (χ0v) is 12.3. The van der Waals surface area contributed by atoms with Crippen LogP contribution in [0.5, 0.6) is 0 Å². The number of aliphatic hydroxyl groups excluding tert-OH is 1. The van der Waals surface area contributed by atoms with Gasteiger partial charge in [0.25, 0.3) is 0 Å². The highest BCUT2D eigenvalue weighted by Crippen LogP contribution is 2.31.